The fourth-order valence-corrected chi connectivity index (χ4v) is 3.51. The summed E-state index contributed by atoms with van der Waals surface area (Å²) in [6.07, 6.45) is 5.01. The van der Waals surface area contributed by atoms with Crippen molar-refractivity contribution in [3.05, 3.63) is 29.8 Å². The van der Waals surface area contributed by atoms with Crippen molar-refractivity contribution in [3.63, 3.8) is 0 Å². The Morgan fingerprint density at radius 1 is 1.24 bits per heavy atom. The van der Waals surface area contributed by atoms with Gasteiger partial charge in [-0.2, -0.15) is 0 Å². The van der Waals surface area contributed by atoms with Gasteiger partial charge in [0, 0.05) is 11.1 Å². The quantitative estimate of drug-likeness (QED) is 0.853. The van der Waals surface area contributed by atoms with Crippen LogP contribution in [0.5, 0.6) is 5.75 Å². The van der Waals surface area contributed by atoms with Gasteiger partial charge in [0.05, 0.1) is 6.61 Å². The zero-order valence-corrected chi connectivity index (χ0v) is 14.3. The molecular formula is C19H31NO. The summed E-state index contributed by atoms with van der Waals surface area (Å²) in [5.74, 6) is 1.83. The standard InChI is InChI=1S/C19H31NO/c1-6-21-17-9-7-8-16(14-17)19(20-18(3,4)5)12-10-15(2)11-13-19/h7-9,14-15,20H,6,10-13H2,1-5H3. The van der Waals surface area contributed by atoms with Gasteiger partial charge in [0.1, 0.15) is 5.75 Å². The second-order valence-electron chi connectivity index (χ2n) is 7.60. The highest BCUT2D eigenvalue weighted by Gasteiger charge is 2.38. The van der Waals surface area contributed by atoms with Crippen molar-refractivity contribution >= 4 is 0 Å². The van der Waals surface area contributed by atoms with Gasteiger partial charge < -0.3 is 10.1 Å². The van der Waals surface area contributed by atoms with E-state index in [0.717, 1.165) is 18.3 Å². The Morgan fingerprint density at radius 3 is 2.48 bits per heavy atom. The fraction of sp³-hybridized carbons (Fsp3) is 0.684. The predicted octanol–water partition coefficient (Wildman–Crippen LogP) is 4.88. The molecule has 0 spiro atoms. The van der Waals surface area contributed by atoms with Crippen LogP contribution in [-0.2, 0) is 5.54 Å². The SMILES string of the molecule is CCOc1cccc(C2(NC(C)(C)C)CCC(C)CC2)c1. The summed E-state index contributed by atoms with van der Waals surface area (Å²) in [5, 5.41) is 3.92. The second kappa shape index (κ2) is 6.39. The fourth-order valence-electron chi connectivity index (χ4n) is 3.51. The summed E-state index contributed by atoms with van der Waals surface area (Å²) in [6, 6.07) is 8.68. The van der Waals surface area contributed by atoms with Crippen molar-refractivity contribution in [2.24, 2.45) is 5.92 Å². The molecule has 118 valence electrons. The van der Waals surface area contributed by atoms with E-state index in [2.05, 4.69) is 57.3 Å². The summed E-state index contributed by atoms with van der Waals surface area (Å²) in [4.78, 5) is 0. The van der Waals surface area contributed by atoms with Gasteiger partial charge in [-0.05, 0) is 77.0 Å². The third-order valence-corrected chi connectivity index (χ3v) is 4.44. The van der Waals surface area contributed by atoms with Crippen LogP contribution in [0.1, 0.15) is 65.9 Å². The number of hydrogen-bond donors (Lipinski definition) is 1. The molecule has 0 aromatic heterocycles. The van der Waals surface area contributed by atoms with Gasteiger partial charge in [-0.1, -0.05) is 19.1 Å². The van der Waals surface area contributed by atoms with Crippen molar-refractivity contribution in [1.29, 1.82) is 0 Å². The van der Waals surface area contributed by atoms with E-state index >= 15 is 0 Å². The van der Waals surface area contributed by atoms with E-state index in [4.69, 9.17) is 4.74 Å². The molecule has 1 fully saturated rings. The van der Waals surface area contributed by atoms with Crippen LogP contribution in [-0.4, -0.2) is 12.1 Å². The van der Waals surface area contributed by atoms with Crippen LogP contribution in [0.15, 0.2) is 24.3 Å². The molecule has 2 heteroatoms. The van der Waals surface area contributed by atoms with Gasteiger partial charge in [-0.15, -0.1) is 0 Å². The lowest BCUT2D eigenvalue weighted by molar-refractivity contribution is 0.154. The number of rotatable bonds is 4. The van der Waals surface area contributed by atoms with E-state index < -0.39 is 0 Å². The monoisotopic (exact) mass is 289 g/mol. The van der Waals surface area contributed by atoms with E-state index in [1.165, 1.54) is 31.2 Å². The average molecular weight is 289 g/mol. The van der Waals surface area contributed by atoms with Crippen molar-refractivity contribution in [1.82, 2.24) is 5.32 Å². The minimum Gasteiger partial charge on any atom is -0.494 e. The Labute approximate surface area is 130 Å². The lowest BCUT2D eigenvalue weighted by Gasteiger charge is -2.45. The van der Waals surface area contributed by atoms with E-state index in [9.17, 15) is 0 Å². The molecule has 1 saturated carbocycles. The normalized spacial score (nSPS) is 26.6. The Kier molecular flexibility index (Phi) is 4.98. The van der Waals surface area contributed by atoms with Gasteiger partial charge in [-0.25, -0.2) is 0 Å². The maximum atomic E-state index is 5.71. The Morgan fingerprint density at radius 2 is 1.90 bits per heavy atom. The molecule has 1 aromatic carbocycles. The first-order valence-electron chi connectivity index (χ1n) is 8.37. The van der Waals surface area contributed by atoms with Gasteiger partial charge in [-0.3, -0.25) is 0 Å². The molecule has 0 heterocycles. The third-order valence-electron chi connectivity index (χ3n) is 4.44. The van der Waals surface area contributed by atoms with Crippen LogP contribution < -0.4 is 10.1 Å². The summed E-state index contributed by atoms with van der Waals surface area (Å²) in [7, 11) is 0. The second-order valence-corrected chi connectivity index (χ2v) is 7.60. The smallest absolute Gasteiger partial charge is 0.119 e. The number of benzene rings is 1. The molecule has 2 nitrogen and oxygen atoms in total. The van der Waals surface area contributed by atoms with Crippen molar-refractivity contribution < 1.29 is 4.74 Å². The molecule has 0 saturated heterocycles. The first-order valence-corrected chi connectivity index (χ1v) is 8.37. The van der Waals surface area contributed by atoms with Gasteiger partial charge in [0.25, 0.3) is 0 Å². The summed E-state index contributed by atoms with van der Waals surface area (Å²) >= 11 is 0. The third kappa shape index (κ3) is 4.23. The van der Waals surface area contributed by atoms with Crippen LogP contribution in [0.25, 0.3) is 0 Å². The minimum absolute atomic E-state index is 0.0951. The summed E-state index contributed by atoms with van der Waals surface area (Å²) < 4.78 is 5.71. The lowest BCUT2D eigenvalue weighted by Crippen LogP contribution is -2.53. The molecule has 1 aliphatic rings. The number of hydrogen-bond acceptors (Lipinski definition) is 2. The van der Waals surface area contributed by atoms with Crippen LogP contribution in [0.2, 0.25) is 0 Å². The topological polar surface area (TPSA) is 21.3 Å². The highest BCUT2D eigenvalue weighted by molar-refractivity contribution is 5.34. The van der Waals surface area contributed by atoms with Gasteiger partial charge in [0.2, 0.25) is 0 Å². The zero-order chi connectivity index (χ0) is 15.5. The molecular weight excluding hydrogens is 258 g/mol. The molecule has 0 aliphatic heterocycles. The molecule has 0 unspecified atom stereocenters. The molecule has 0 bridgehead atoms. The first kappa shape index (κ1) is 16.4. The molecule has 0 radical (unpaired) electrons. The van der Waals surface area contributed by atoms with Crippen molar-refractivity contribution in [2.45, 2.75) is 71.4 Å². The van der Waals surface area contributed by atoms with Crippen molar-refractivity contribution in [2.75, 3.05) is 6.61 Å². The Balaban J connectivity index is 2.32. The van der Waals surface area contributed by atoms with E-state index in [0.29, 0.717) is 0 Å². The predicted molar refractivity (Wildman–Crippen MR) is 89.8 cm³/mol. The maximum absolute atomic E-state index is 5.71. The van der Waals surface area contributed by atoms with Gasteiger partial charge in [0.15, 0.2) is 0 Å². The van der Waals surface area contributed by atoms with Gasteiger partial charge >= 0.3 is 0 Å². The first-order chi connectivity index (χ1) is 9.85. The van der Waals surface area contributed by atoms with E-state index in [-0.39, 0.29) is 11.1 Å². The summed E-state index contributed by atoms with van der Waals surface area (Å²) in [6.45, 7) is 11.9. The van der Waals surface area contributed by atoms with Crippen LogP contribution in [0.3, 0.4) is 0 Å². The highest BCUT2D eigenvalue weighted by atomic mass is 16.5. The van der Waals surface area contributed by atoms with Crippen LogP contribution in [0.4, 0.5) is 0 Å². The average Bonchev–Trinajstić information content (AvgIpc) is 2.41. The largest absolute Gasteiger partial charge is 0.494 e. The molecule has 1 aliphatic carbocycles. The molecule has 0 amide bonds. The molecule has 21 heavy (non-hydrogen) atoms. The molecule has 2 rings (SSSR count). The lowest BCUT2D eigenvalue weighted by atomic mass is 9.72. The van der Waals surface area contributed by atoms with E-state index in [1.807, 2.05) is 6.92 Å². The van der Waals surface area contributed by atoms with Crippen LogP contribution >= 0.6 is 0 Å². The molecule has 1 aromatic rings. The zero-order valence-electron chi connectivity index (χ0n) is 14.3. The molecule has 1 N–H and O–H groups in total. The van der Waals surface area contributed by atoms with Crippen LogP contribution in [0, 0.1) is 5.92 Å². The molecule has 0 atom stereocenters. The van der Waals surface area contributed by atoms with E-state index in [1.54, 1.807) is 0 Å². The Bertz CT molecular complexity index is 453. The summed E-state index contributed by atoms with van der Waals surface area (Å²) in [5.41, 5.74) is 1.59. The highest BCUT2D eigenvalue weighted by Crippen LogP contribution is 2.41. The minimum atomic E-state index is 0.0951. The maximum Gasteiger partial charge on any atom is 0.119 e. The van der Waals surface area contributed by atoms with Crippen molar-refractivity contribution in [3.8, 4) is 5.75 Å². The number of nitrogens with one attached hydrogen (secondary N) is 1. The number of ether oxygens (including phenoxy) is 1. The Hall–Kier alpha value is -1.02.